The van der Waals surface area contributed by atoms with Crippen molar-refractivity contribution in [3.63, 3.8) is 0 Å². The first-order chi connectivity index (χ1) is 19.6. The predicted molar refractivity (Wildman–Crippen MR) is 159 cm³/mol. The summed E-state index contributed by atoms with van der Waals surface area (Å²) in [4.78, 5) is 43.7. The molecule has 0 aliphatic heterocycles. The first kappa shape index (κ1) is 29.7. The Bertz CT molecular complexity index is 1550. The molecule has 0 saturated carbocycles. The second-order valence-corrected chi connectivity index (χ2v) is 11.4. The van der Waals surface area contributed by atoms with Crippen LogP contribution in [-0.2, 0) is 23.3 Å². The first-order valence-electron chi connectivity index (χ1n) is 14.0. The Labute approximate surface area is 240 Å². The van der Waals surface area contributed by atoms with Crippen LogP contribution in [0.5, 0.6) is 0 Å². The number of hydrogen-bond donors (Lipinski definition) is 0. The zero-order valence-electron chi connectivity index (χ0n) is 24.2. The molecule has 3 aromatic carbocycles. The number of carbonyl (C=O) groups is 2. The van der Waals surface area contributed by atoms with E-state index in [1.54, 1.807) is 41.3 Å². The van der Waals surface area contributed by atoms with Crippen LogP contribution in [0.2, 0.25) is 0 Å². The number of unbranched alkanes of at least 4 members (excludes halogenated alkanes) is 1. The summed E-state index contributed by atoms with van der Waals surface area (Å²) in [5.74, 6) is -0.924. The Kier molecular flexibility index (Phi) is 9.38. The Morgan fingerprint density at radius 1 is 0.878 bits per heavy atom. The topological polar surface area (TPSA) is 70.8 Å². The first-order valence-corrected chi connectivity index (χ1v) is 14.0. The van der Waals surface area contributed by atoms with E-state index in [1.807, 2.05) is 31.2 Å². The molecule has 41 heavy (non-hydrogen) atoms. The number of halogens is 1. The van der Waals surface area contributed by atoms with E-state index < -0.39 is 0 Å². The lowest BCUT2D eigenvalue weighted by Crippen LogP contribution is -2.43. The molecule has 1 aromatic heterocycles. The van der Waals surface area contributed by atoms with Crippen LogP contribution in [0.25, 0.3) is 11.0 Å². The van der Waals surface area contributed by atoms with Crippen molar-refractivity contribution in [3.05, 3.63) is 117 Å². The fourth-order valence-electron chi connectivity index (χ4n) is 4.64. The maximum atomic E-state index is 13.8. The van der Waals surface area contributed by atoms with Crippen LogP contribution in [0, 0.1) is 5.82 Å². The van der Waals surface area contributed by atoms with Crippen molar-refractivity contribution in [2.24, 2.45) is 0 Å². The highest BCUT2D eigenvalue weighted by Crippen LogP contribution is 2.23. The lowest BCUT2D eigenvalue weighted by Gasteiger charge is -2.28. The number of nitrogens with zero attached hydrogens (tertiary/aromatic N) is 2. The van der Waals surface area contributed by atoms with Gasteiger partial charge in [-0.1, -0.05) is 70.5 Å². The van der Waals surface area contributed by atoms with Crippen LogP contribution in [0.1, 0.15) is 67.6 Å². The summed E-state index contributed by atoms with van der Waals surface area (Å²) in [6.07, 6.45) is 2.98. The molecule has 0 unspecified atom stereocenters. The van der Waals surface area contributed by atoms with Crippen molar-refractivity contribution in [2.45, 2.75) is 59.0 Å². The normalized spacial score (nSPS) is 11.4. The molecule has 0 aliphatic carbocycles. The van der Waals surface area contributed by atoms with Crippen LogP contribution in [-0.4, -0.2) is 34.7 Å². The van der Waals surface area contributed by atoms with Crippen molar-refractivity contribution < 1.29 is 18.4 Å². The van der Waals surface area contributed by atoms with Gasteiger partial charge in [-0.05, 0) is 59.4 Å². The highest BCUT2D eigenvalue weighted by molar-refractivity contribution is 5.96. The Balaban J connectivity index is 1.62. The number of rotatable bonds is 10. The zero-order valence-corrected chi connectivity index (χ0v) is 24.2. The van der Waals surface area contributed by atoms with Crippen LogP contribution >= 0.6 is 0 Å². The van der Waals surface area contributed by atoms with E-state index in [4.69, 9.17) is 4.42 Å². The van der Waals surface area contributed by atoms with Crippen molar-refractivity contribution in [1.82, 2.24) is 9.80 Å². The summed E-state index contributed by atoms with van der Waals surface area (Å²) in [5.41, 5.74) is 2.85. The maximum Gasteiger partial charge on any atom is 0.254 e. The molecule has 0 atom stereocenters. The molecule has 0 spiro atoms. The van der Waals surface area contributed by atoms with Crippen molar-refractivity contribution in [2.75, 3.05) is 13.1 Å². The Morgan fingerprint density at radius 2 is 1.56 bits per heavy atom. The maximum absolute atomic E-state index is 13.8. The summed E-state index contributed by atoms with van der Waals surface area (Å²) in [6, 6.07) is 20.3. The molecule has 4 rings (SSSR count). The molecule has 0 radical (unpaired) electrons. The van der Waals surface area contributed by atoms with Gasteiger partial charge in [0, 0.05) is 18.7 Å². The van der Waals surface area contributed by atoms with Gasteiger partial charge in [0.05, 0.1) is 23.8 Å². The van der Waals surface area contributed by atoms with Gasteiger partial charge >= 0.3 is 0 Å². The summed E-state index contributed by atoms with van der Waals surface area (Å²) < 4.78 is 19.3. The highest BCUT2D eigenvalue weighted by atomic mass is 19.1. The molecule has 0 bridgehead atoms. The number of amides is 2. The lowest BCUT2D eigenvalue weighted by atomic mass is 9.86. The second kappa shape index (κ2) is 12.9. The van der Waals surface area contributed by atoms with E-state index in [0.717, 1.165) is 18.4 Å². The minimum Gasteiger partial charge on any atom is -0.464 e. The number of carbonyl (C=O) groups excluding carboxylic acids is 2. The van der Waals surface area contributed by atoms with E-state index in [0.29, 0.717) is 34.2 Å². The smallest absolute Gasteiger partial charge is 0.254 e. The quantitative estimate of drug-likeness (QED) is 0.218. The van der Waals surface area contributed by atoms with Gasteiger partial charge in [0.25, 0.3) is 5.91 Å². The predicted octanol–water partition coefficient (Wildman–Crippen LogP) is 6.70. The highest BCUT2D eigenvalue weighted by Gasteiger charge is 2.24. The van der Waals surface area contributed by atoms with Crippen LogP contribution in [0.15, 0.2) is 88.3 Å². The Hall–Kier alpha value is -4.26. The summed E-state index contributed by atoms with van der Waals surface area (Å²) in [6.45, 7) is 8.76. The molecule has 214 valence electrons. The van der Waals surface area contributed by atoms with E-state index in [9.17, 15) is 18.8 Å². The van der Waals surface area contributed by atoms with Crippen molar-refractivity contribution in [3.8, 4) is 0 Å². The van der Waals surface area contributed by atoms with Crippen LogP contribution in [0.3, 0.4) is 0 Å². The van der Waals surface area contributed by atoms with Gasteiger partial charge in [0.15, 0.2) is 5.43 Å². The molecule has 4 aromatic rings. The van der Waals surface area contributed by atoms with Gasteiger partial charge in [0.1, 0.15) is 17.9 Å². The summed E-state index contributed by atoms with van der Waals surface area (Å²) >= 11 is 0. The van der Waals surface area contributed by atoms with Crippen molar-refractivity contribution in [1.29, 1.82) is 0 Å². The van der Waals surface area contributed by atoms with E-state index in [-0.39, 0.29) is 48.1 Å². The molecule has 0 fully saturated rings. The summed E-state index contributed by atoms with van der Waals surface area (Å²) in [7, 11) is 0. The van der Waals surface area contributed by atoms with Crippen molar-refractivity contribution >= 4 is 22.8 Å². The molecule has 0 aliphatic rings. The SMILES string of the molecule is CCCCN(CC(=O)N(Cc1ccc(F)cc1)Cc1coc2ccccc2c1=O)C(=O)c1ccc(C(C)(C)C)cc1. The third-order valence-corrected chi connectivity index (χ3v) is 7.14. The number of para-hydroxylation sites is 1. The molecule has 0 N–H and O–H groups in total. The van der Waals surface area contributed by atoms with Gasteiger partial charge in [-0.25, -0.2) is 4.39 Å². The fraction of sp³-hybridized carbons (Fsp3) is 0.324. The number of hydrogen-bond acceptors (Lipinski definition) is 4. The molecule has 2 amide bonds. The van der Waals surface area contributed by atoms with E-state index in [1.165, 1.54) is 23.3 Å². The Morgan fingerprint density at radius 3 is 2.22 bits per heavy atom. The van der Waals surface area contributed by atoms with Gasteiger partial charge in [-0.15, -0.1) is 0 Å². The number of fused-ring (bicyclic) bond motifs is 1. The average molecular weight is 557 g/mol. The average Bonchev–Trinajstić information content (AvgIpc) is 2.96. The van der Waals surface area contributed by atoms with Gasteiger partial charge < -0.3 is 14.2 Å². The minimum absolute atomic E-state index is 0.0144. The lowest BCUT2D eigenvalue weighted by molar-refractivity contribution is -0.133. The fourth-order valence-corrected chi connectivity index (χ4v) is 4.64. The van der Waals surface area contributed by atoms with Crippen LogP contribution < -0.4 is 5.43 Å². The third-order valence-electron chi connectivity index (χ3n) is 7.14. The third kappa shape index (κ3) is 7.48. The van der Waals surface area contributed by atoms with Gasteiger partial charge in [-0.3, -0.25) is 14.4 Å². The minimum atomic E-state index is -0.379. The molecular weight excluding hydrogens is 519 g/mol. The number of benzene rings is 3. The zero-order chi connectivity index (χ0) is 29.6. The van der Waals surface area contributed by atoms with Gasteiger partial charge in [0.2, 0.25) is 5.91 Å². The van der Waals surface area contributed by atoms with Crippen LogP contribution in [0.4, 0.5) is 4.39 Å². The molecular formula is C34H37FN2O4. The standard InChI is InChI=1S/C34H37FN2O4/c1-5-6-19-36(33(40)25-13-15-27(16-14-25)34(2,3)4)22-31(38)37(20-24-11-17-28(35)18-12-24)21-26-23-41-30-10-8-7-9-29(30)32(26)39/h7-18,23H,5-6,19-22H2,1-4H3. The monoisotopic (exact) mass is 556 g/mol. The summed E-state index contributed by atoms with van der Waals surface area (Å²) in [5, 5.41) is 0.428. The van der Waals surface area contributed by atoms with Gasteiger partial charge in [-0.2, -0.15) is 0 Å². The molecule has 7 heteroatoms. The molecule has 0 saturated heterocycles. The van der Waals surface area contributed by atoms with E-state index in [2.05, 4.69) is 20.8 Å². The molecule has 1 heterocycles. The van der Waals surface area contributed by atoms with E-state index >= 15 is 0 Å². The second-order valence-electron chi connectivity index (χ2n) is 11.4. The largest absolute Gasteiger partial charge is 0.464 e. The molecule has 6 nitrogen and oxygen atoms in total.